The van der Waals surface area contributed by atoms with Crippen LogP contribution in [0.5, 0.6) is 0 Å². The minimum Gasteiger partial charge on any atom is -0.465 e. The van der Waals surface area contributed by atoms with Crippen molar-refractivity contribution in [3.05, 3.63) is 39.8 Å². The van der Waals surface area contributed by atoms with Gasteiger partial charge in [0.05, 0.1) is 18.8 Å². The first-order valence-electron chi connectivity index (χ1n) is 8.36. The third-order valence-electron chi connectivity index (χ3n) is 4.77. The number of amides is 2. The van der Waals surface area contributed by atoms with E-state index in [2.05, 4.69) is 10.0 Å². The third-order valence-corrected chi connectivity index (χ3v) is 4.77. The van der Waals surface area contributed by atoms with E-state index in [4.69, 9.17) is 15.4 Å². The molecule has 11 heteroatoms. The molecule has 0 radical (unpaired) electrons. The second-order valence-electron chi connectivity index (χ2n) is 6.40. The smallest absolute Gasteiger partial charge is 0.414 e. The largest absolute Gasteiger partial charge is 0.465 e. The molecule has 1 aromatic carbocycles. The highest BCUT2D eigenvalue weighted by Gasteiger charge is 2.34. The summed E-state index contributed by atoms with van der Waals surface area (Å²) in [6, 6.07) is 2.14. The van der Waals surface area contributed by atoms with Crippen molar-refractivity contribution in [3.63, 3.8) is 0 Å². The topological polar surface area (TPSA) is 119 Å². The summed E-state index contributed by atoms with van der Waals surface area (Å²) in [4.78, 5) is 27.8. The molecular weight excluding hydrogens is 364 g/mol. The van der Waals surface area contributed by atoms with Crippen LogP contribution >= 0.6 is 0 Å². The molecule has 0 saturated carbocycles. The maximum atomic E-state index is 14.6. The van der Waals surface area contributed by atoms with Gasteiger partial charge in [-0.05, 0) is 36.4 Å². The number of rotatable bonds is 4. The zero-order valence-electron chi connectivity index (χ0n) is 14.2. The van der Waals surface area contributed by atoms with Gasteiger partial charge in [0.25, 0.3) is 0 Å². The maximum absolute atomic E-state index is 14.6. The Morgan fingerprint density at radius 3 is 2.52 bits per heavy atom. The first-order chi connectivity index (χ1) is 12.9. The van der Waals surface area contributed by atoms with Crippen molar-refractivity contribution in [2.75, 3.05) is 31.1 Å². The van der Waals surface area contributed by atoms with Gasteiger partial charge in [-0.2, -0.15) is 0 Å². The molecule has 1 N–H and O–H groups in total. The van der Waals surface area contributed by atoms with E-state index in [0.717, 1.165) is 17.0 Å². The van der Waals surface area contributed by atoms with Crippen molar-refractivity contribution in [3.8, 4) is 0 Å². The van der Waals surface area contributed by atoms with Gasteiger partial charge in [-0.1, -0.05) is 5.11 Å². The monoisotopic (exact) mass is 381 g/mol. The van der Waals surface area contributed by atoms with Crippen LogP contribution < -0.4 is 4.90 Å². The minimum absolute atomic E-state index is 0.0187. The van der Waals surface area contributed by atoms with E-state index in [0.29, 0.717) is 12.8 Å². The van der Waals surface area contributed by atoms with Crippen LogP contribution in [-0.4, -0.2) is 54.5 Å². The fraction of sp³-hybridized carbons (Fsp3) is 0.500. The van der Waals surface area contributed by atoms with Crippen LogP contribution in [0.1, 0.15) is 24.3 Å². The number of hydrogen-bond donors (Lipinski definition) is 1. The predicted octanol–water partition coefficient (Wildman–Crippen LogP) is 3.46. The quantitative estimate of drug-likeness (QED) is 0.488. The van der Waals surface area contributed by atoms with Gasteiger partial charge in [-0.3, -0.25) is 4.90 Å². The molecule has 1 aromatic rings. The van der Waals surface area contributed by atoms with Crippen molar-refractivity contribution in [1.29, 1.82) is 0 Å². The lowest BCUT2D eigenvalue weighted by atomic mass is 9.88. The van der Waals surface area contributed by atoms with E-state index in [1.807, 2.05) is 0 Å². The van der Waals surface area contributed by atoms with E-state index in [-0.39, 0.29) is 37.4 Å². The Hall–Kier alpha value is -3.07. The summed E-state index contributed by atoms with van der Waals surface area (Å²) in [5.41, 5.74) is 8.24. The van der Waals surface area contributed by atoms with Crippen LogP contribution in [0, 0.1) is 11.6 Å². The van der Waals surface area contributed by atoms with Gasteiger partial charge in [0.1, 0.15) is 17.7 Å². The Balaban J connectivity index is 1.77. The SMILES string of the molecule is [N-]=[N+]=NCC1CN(c2cc(F)c(C3CCN(C(=O)O)CC3)c(F)c2)C(=O)O1. The van der Waals surface area contributed by atoms with Gasteiger partial charge < -0.3 is 14.7 Å². The van der Waals surface area contributed by atoms with Gasteiger partial charge in [-0.15, -0.1) is 0 Å². The molecular formula is C16H17F2N5O4. The van der Waals surface area contributed by atoms with Crippen LogP contribution in [0.25, 0.3) is 10.4 Å². The molecule has 1 unspecified atom stereocenters. The molecule has 0 aromatic heterocycles. The van der Waals surface area contributed by atoms with Crippen molar-refractivity contribution >= 4 is 17.9 Å². The van der Waals surface area contributed by atoms with Gasteiger partial charge in [0.15, 0.2) is 0 Å². The number of hydrogen-bond acceptors (Lipinski definition) is 4. The number of nitrogens with zero attached hydrogens (tertiary/aromatic N) is 5. The van der Waals surface area contributed by atoms with Crippen LogP contribution in [-0.2, 0) is 4.74 Å². The van der Waals surface area contributed by atoms with Crippen LogP contribution in [0.3, 0.4) is 0 Å². The molecule has 2 aliphatic rings. The number of carbonyl (C=O) groups is 2. The van der Waals surface area contributed by atoms with E-state index in [1.54, 1.807) is 0 Å². The Morgan fingerprint density at radius 2 is 1.96 bits per heavy atom. The molecule has 0 bridgehead atoms. The fourth-order valence-corrected chi connectivity index (χ4v) is 3.43. The lowest BCUT2D eigenvalue weighted by Crippen LogP contribution is -2.37. The van der Waals surface area contributed by atoms with Crippen LogP contribution in [0.4, 0.5) is 24.1 Å². The number of cyclic esters (lactones) is 1. The lowest BCUT2D eigenvalue weighted by Gasteiger charge is -2.30. The number of azide groups is 1. The van der Waals surface area contributed by atoms with E-state index >= 15 is 0 Å². The normalized spacial score (nSPS) is 20.4. The van der Waals surface area contributed by atoms with Crippen molar-refractivity contribution in [1.82, 2.24) is 4.90 Å². The number of anilines is 1. The Labute approximate surface area is 152 Å². The number of carboxylic acid groups (broad SMARTS) is 1. The molecule has 3 rings (SSSR count). The molecule has 0 aliphatic carbocycles. The summed E-state index contributed by atoms with van der Waals surface area (Å²) in [5.74, 6) is -2.01. The molecule has 9 nitrogen and oxygen atoms in total. The second kappa shape index (κ2) is 7.67. The number of piperidine rings is 1. The number of halogens is 2. The predicted molar refractivity (Wildman–Crippen MR) is 89.6 cm³/mol. The minimum atomic E-state index is -1.05. The highest BCUT2D eigenvalue weighted by Crippen LogP contribution is 2.35. The van der Waals surface area contributed by atoms with E-state index < -0.39 is 35.8 Å². The molecule has 144 valence electrons. The number of carbonyl (C=O) groups excluding carboxylic acids is 1. The summed E-state index contributed by atoms with van der Waals surface area (Å²) in [6.45, 7) is 0.372. The van der Waals surface area contributed by atoms with Gasteiger partial charge in [0, 0.05) is 23.6 Å². The molecule has 2 fully saturated rings. The average molecular weight is 381 g/mol. The highest BCUT2D eigenvalue weighted by molar-refractivity contribution is 5.89. The Morgan fingerprint density at radius 1 is 1.33 bits per heavy atom. The summed E-state index contributed by atoms with van der Waals surface area (Å²) in [5, 5.41) is 12.3. The highest BCUT2D eigenvalue weighted by atomic mass is 19.1. The molecule has 2 aliphatic heterocycles. The molecule has 1 atom stereocenters. The lowest BCUT2D eigenvalue weighted by molar-refractivity contribution is 0.131. The summed E-state index contributed by atoms with van der Waals surface area (Å²) >= 11 is 0. The summed E-state index contributed by atoms with van der Waals surface area (Å²) in [6.07, 6.45) is -1.86. The molecule has 27 heavy (non-hydrogen) atoms. The number of likely N-dealkylation sites (tertiary alicyclic amines) is 1. The zero-order chi connectivity index (χ0) is 19.6. The molecule has 0 spiro atoms. The Kier molecular flexibility index (Phi) is 5.31. The van der Waals surface area contributed by atoms with Crippen molar-refractivity contribution in [2.45, 2.75) is 24.9 Å². The summed E-state index contributed by atoms with van der Waals surface area (Å²) < 4.78 is 34.2. The van der Waals surface area contributed by atoms with Gasteiger partial charge >= 0.3 is 12.2 Å². The fourth-order valence-electron chi connectivity index (χ4n) is 3.43. The standard InChI is InChI=1S/C16H17F2N5O4/c17-12-5-10(23-8-11(7-20-21-19)27-16(23)26)6-13(18)14(12)9-1-3-22(4-2-9)15(24)25/h5-6,9,11H,1-4,7-8H2,(H,24,25). The second-order valence-corrected chi connectivity index (χ2v) is 6.40. The van der Waals surface area contributed by atoms with Gasteiger partial charge in [-0.25, -0.2) is 18.4 Å². The maximum Gasteiger partial charge on any atom is 0.414 e. The molecule has 2 amide bonds. The average Bonchev–Trinajstić information content (AvgIpc) is 3.00. The van der Waals surface area contributed by atoms with E-state index in [1.165, 1.54) is 4.90 Å². The number of ether oxygens (including phenoxy) is 1. The first-order valence-corrected chi connectivity index (χ1v) is 8.36. The van der Waals surface area contributed by atoms with Crippen LogP contribution in [0.15, 0.2) is 17.2 Å². The summed E-state index contributed by atoms with van der Waals surface area (Å²) in [7, 11) is 0. The molecule has 2 saturated heterocycles. The van der Waals surface area contributed by atoms with Crippen molar-refractivity contribution < 1.29 is 28.2 Å². The van der Waals surface area contributed by atoms with Crippen molar-refractivity contribution in [2.24, 2.45) is 5.11 Å². The molecule has 2 heterocycles. The van der Waals surface area contributed by atoms with Crippen LogP contribution in [0.2, 0.25) is 0 Å². The van der Waals surface area contributed by atoms with E-state index in [9.17, 15) is 18.4 Å². The zero-order valence-corrected chi connectivity index (χ0v) is 14.2. The van der Waals surface area contributed by atoms with Gasteiger partial charge in [0.2, 0.25) is 0 Å². The third kappa shape index (κ3) is 3.87. The first kappa shape index (κ1) is 18.7. The Bertz CT molecular complexity index is 783. The number of benzene rings is 1.